The summed E-state index contributed by atoms with van der Waals surface area (Å²) in [6.07, 6.45) is 0. The van der Waals surface area contributed by atoms with Crippen LogP contribution in [0.2, 0.25) is 0 Å². The van der Waals surface area contributed by atoms with Crippen LogP contribution in [0.25, 0.3) is 0 Å². The number of hydrogen-bond acceptors (Lipinski definition) is 2. The molecule has 0 aromatic carbocycles. The third-order valence-electron chi connectivity index (χ3n) is 0.540. The Balaban J connectivity index is 2.75. The highest BCUT2D eigenvalue weighted by Gasteiger charge is 1.87. The zero-order valence-corrected chi connectivity index (χ0v) is 3.81. The SMILES string of the molecule is C[NH+](CO)CO. The minimum absolute atomic E-state index is 0.00347. The summed E-state index contributed by atoms with van der Waals surface area (Å²) in [6.45, 7) is -0.00694. The average molecular weight is 92.1 g/mol. The van der Waals surface area contributed by atoms with E-state index >= 15 is 0 Å². The first-order valence-corrected chi connectivity index (χ1v) is 1.84. The predicted molar refractivity (Wildman–Crippen MR) is 21.1 cm³/mol. The van der Waals surface area contributed by atoms with E-state index in [-0.39, 0.29) is 13.5 Å². The Morgan fingerprint density at radius 3 is 1.67 bits per heavy atom. The van der Waals surface area contributed by atoms with Crippen LogP contribution in [0, 0.1) is 0 Å². The first-order valence-electron chi connectivity index (χ1n) is 1.84. The van der Waals surface area contributed by atoms with Gasteiger partial charge in [0, 0.05) is 0 Å². The second kappa shape index (κ2) is 3.08. The Morgan fingerprint density at radius 1 is 1.33 bits per heavy atom. The molecule has 3 heteroatoms. The molecular formula is C3H10NO2+. The Kier molecular flexibility index (Phi) is 3.02. The summed E-state index contributed by atoms with van der Waals surface area (Å²) >= 11 is 0. The fourth-order valence-corrected chi connectivity index (χ4v) is 0.0500. The zero-order chi connectivity index (χ0) is 4.99. The van der Waals surface area contributed by atoms with Gasteiger partial charge in [-0.3, -0.25) is 4.90 Å². The predicted octanol–water partition coefficient (Wildman–Crippen LogP) is -2.60. The Labute approximate surface area is 36.8 Å². The molecule has 0 saturated heterocycles. The normalized spacial score (nSPS) is 10.0. The van der Waals surface area contributed by atoms with E-state index in [4.69, 9.17) is 10.2 Å². The number of hydrogen-bond donors (Lipinski definition) is 3. The summed E-state index contributed by atoms with van der Waals surface area (Å²) in [4.78, 5) is 0.704. The van der Waals surface area contributed by atoms with Crippen molar-refractivity contribution in [3.8, 4) is 0 Å². The van der Waals surface area contributed by atoms with Crippen LogP contribution in [0.4, 0.5) is 0 Å². The summed E-state index contributed by atoms with van der Waals surface area (Å²) in [7, 11) is 1.69. The van der Waals surface area contributed by atoms with Gasteiger partial charge in [-0.05, 0) is 0 Å². The molecular weight excluding hydrogens is 82.0 g/mol. The van der Waals surface area contributed by atoms with Crippen molar-refractivity contribution in [2.24, 2.45) is 0 Å². The van der Waals surface area contributed by atoms with E-state index in [0.29, 0.717) is 4.90 Å². The third kappa shape index (κ3) is 2.14. The molecule has 0 atom stereocenters. The van der Waals surface area contributed by atoms with Gasteiger partial charge < -0.3 is 10.2 Å². The molecule has 0 fully saturated rings. The van der Waals surface area contributed by atoms with Crippen molar-refractivity contribution in [3.63, 3.8) is 0 Å². The molecule has 0 radical (unpaired) electrons. The largest absolute Gasteiger partial charge is 0.347 e. The molecule has 0 unspecified atom stereocenters. The molecule has 38 valence electrons. The van der Waals surface area contributed by atoms with Crippen LogP contribution < -0.4 is 4.90 Å². The molecule has 0 aliphatic rings. The molecule has 3 N–H and O–H groups in total. The standard InChI is InChI=1S/C3H9NO2/c1-4(2-5)3-6/h5-6H,2-3H2,1H3/p+1. The quantitative estimate of drug-likeness (QED) is 0.327. The van der Waals surface area contributed by atoms with Gasteiger partial charge in [0.15, 0.2) is 13.5 Å². The van der Waals surface area contributed by atoms with Crippen LogP contribution in [-0.4, -0.2) is 30.7 Å². The van der Waals surface area contributed by atoms with Crippen LogP contribution >= 0.6 is 0 Å². The molecule has 0 aromatic heterocycles. The third-order valence-corrected chi connectivity index (χ3v) is 0.540. The molecule has 3 nitrogen and oxygen atoms in total. The van der Waals surface area contributed by atoms with E-state index in [1.807, 2.05) is 0 Å². The number of quaternary nitrogens is 1. The van der Waals surface area contributed by atoms with Crippen molar-refractivity contribution in [3.05, 3.63) is 0 Å². The van der Waals surface area contributed by atoms with Gasteiger partial charge in [0.05, 0.1) is 7.05 Å². The number of aliphatic hydroxyl groups excluding tert-OH is 2. The Morgan fingerprint density at radius 2 is 1.67 bits per heavy atom. The second-order valence-corrected chi connectivity index (χ2v) is 1.27. The average Bonchev–Trinajstić information content (AvgIpc) is 1.65. The molecule has 6 heavy (non-hydrogen) atoms. The maximum atomic E-state index is 8.14. The maximum absolute atomic E-state index is 8.14. The summed E-state index contributed by atoms with van der Waals surface area (Å²) in [5.74, 6) is 0. The van der Waals surface area contributed by atoms with Gasteiger partial charge in [-0.2, -0.15) is 0 Å². The van der Waals surface area contributed by atoms with Crippen molar-refractivity contribution < 1.29 is 15.1 Å². The summed E-state index contributed by atoms with van der Waals surface area (Å²) in [6, 6.07) is 0. The molecule has 0 rings (SSSR count). The molecule has 0 aromatic rings. The van der Waals surface area contributed by atoms with Gasteiger partial charge in [0.1, 0.15) is 0 Å². The van der Waals surface area contributed by atoms with E-state index in [9.17, 15) is 0 Å². The Hall–Kier alpha value is -0.120. The fraction of sp³-hybridized carbons (Fsp3) is 1.00. The van der Waals surface area contributed by atoms with Gasteiger partial charge >= 0.3 is 0 Å². The zero-order valence-electron chi connectivity index (χ0n) is 3.81. The monoisotopic (exact) mass is 92.1 g/mol. The molecule has 0 saturated carbocycles. The van der Waals surface area contributed by atoms with Gasteiger partial charge in [-0.1, -0.05) is 0 Å². The Bertz CT molecular complexity index is 28.0. The van der Waals surface area contributed by atoms with Crippen LogP contribution in [-0.2, 0) is 0 Å². The van der Waals surface area contributed by atoms with E-state index in [1.165, 1.54) is 0 Å². The maximum Gasteiger partial charge on any atom is 0.180 e. The van der Waals surface area contributed by atoms with Crippen LogP contribution in [0.3, 0.4) is 0 Å². The lowest BCUT2D eigenvalue weighted by molar-refractivity contribution is -0.917. The molecule has 0 spiro atoms. The lowest BCUT2D eigenvalue weighted by atomic mass is 10.9. The van der Waals surface area contributed by atoms with Crippen molar-refractivity contribution in [1.29, 1.82) is 0 Å². The highest BCUT2D eigenvalue weighted by atomic mass is 16.3. The highest BCUT2D eigenvalue weighted by molar-refractivity contribution is 3.80. The van der Waals surface area contributed by atoms with E-state index in [1.54, 1.807) is 7.05 Å². The van der Waals surface area contributed by atoms with E-state index in [0.717, 1.165) is 0 Å². The smallest absolute Gasteiger partial charge is 0.180 e. The van der Waals surface area contributed by atoms with Crippen molar-refractivity contribution >= 4 is 0 Å². The number of rotatable bonds is 2. The first kappa shape index (κ1) is 5.88. The lowest BCUT2D eigenvalue weighted by Gasteiger charge is -2.02. The van der Waals surface area contributed by atoms with E-state index < -0.39 is 0 Å². The fourth-order valence-electron chi connectivity index (χ4n) is 0.0500. The van der Waals surface area contributed by atoms with Gasteiger partial charge in [-0.25, -0.2) is 0 Å². The number of nitrogens with one attached hydrogen (secondary N) is 1. The van der Waals surface area contributed by atoms with Gasteiger partial charge in [0.25, 0.3) is 0 Å². The molecule has 0 aliphatic carbocycles. The van der Waals surface area contributed by atoms with Crippen LogP contribution in [0.1, 0.15) is 0 Å². The summed E-state index contributed by atoms with van der Waals surface area (Å²) in [5.41, 5.74) is 0. The molecule has 0 aliphatic heterocycles. The summed E-state index contributed by atoms with van der Waals surface area (Å²) in [5, 5.41) is 16.3. The molecule has 0 bridgehead atoms. The number of aliphatic hydroxyl groups is 2. The van der Waals surface area contributed by atoms with Gasteiger partial charge in [-0.15, -0.1) is 0 Å². The topological polar surface area (TPSA) is 44.9 Å². The van der Waals surface area contributed by atoms with Crippen LogP contribution in [0.5, 0.6) is 0 Å². The van der Waals surface area contributed by atoms with Crippen molar-refractivity contribution in [1.82, 2.24) is 0 Å². The van der Waals surface area contributed by atoms with Crippen LogP contribution in [0.15, 0.2) is 0 Å². The summed E-state index contributed by atoms with van der Waals surface area (Å²) < 4.78 is 0. The first-order chi connectivity index (χ1) is 2.81. The van der Waals surface area contributed by atoms with Crippen molar-refractivity contribution in [2.45, 2.75) is 0 Å². The highest BCUT2D eigenvalue weighted by Crippen LogP contribution is 1.25. The minimum atomic E-state index is -0.00347. The van der Waals surface area contributed by atoms with Gasteiger partial charge in [0.2, 0.25) is 0 Å². The van der Waals surface area contributed by atoms with Crippen molar-refractivity contribution in [2.75, 3.05) is 20.5 Å². The lowest BCUT2D eigenvalue weighted by Crippen LogP contribution is -3.09. The molecule has 0 amide bonds. The minimum Gasteiger partial charge on any atom is -0.347 e. The second-order valence-electron chi connectivity index (χ2n) is 1.27. The molecule has 0 heterocycles. The van der Waals surface area contributed by atoms with E-state index in [2.05, 4.69) is 0 Å².